The zero-order valence-corrected chi connectivity index (χ0v) is 19.1. The fraction of sp³-hybridized carbons (Fsp3) is 0.500. The lowest BCUT2D eigenvalue weighted by molar-refractivity contribution is -0.143. The van der Waals surface area contributed by atoms with Crippen LogP contribution in [0.2, 0.25) is 0 Å². The fourth-order valence-electron chi connectivity index (χ4n) is 3.12. The molecule has 0 aliphatic heterocycles. The van der Waals surface area contributed by atoms with Crippen LogP contribution >= 0.6 is 0 Å². The van der Waals surface area contributed by atoms with Crippen LogP contribution in [0.3, 0.4) is 0 Å². The van der Waals surface area contributed by atoms with Crippen molar-refractivity contribution in [2.45, 2.75) is 63.1 Å². The molecule has 0 bridgehead atoms. The molecule has 2 aromatic rings. The molecule has 0 spiro atoms. The highest BCUT2D eigenvalue weighted by Crippen LogP contribution is 2.04. The van der Waals surface area contributed by atoms with E-state index >= 15 is 0 Å². The summed E-state index contributed by atoms with van der Waals surface area (Å²) in [5.41, 5.74) is 6.88. The van der Waals surface area contributed by atoms with Crippen LogP contribution in [0.15, 0.2) is 25.0 Å². The summed E-state index contributed by atoms with van der Waals surface area (Å²) in [7, 11) is 0. The van der Waals surface area contributed by atoms with Crippen LogP contribution in [0.5, 0.6) is 0 Å². The third-order valence-corrected chi connectivity index (χ3v) is 5.05. The Labute approximate surface area is 199 Å². The molecule has 35 heavy (non-hydrogen) atoms. The summed E-state index contributed by atoms with van der Waals surface area (Å²) in [6.45, 7) is 2.46. The van der Waals surface area contributed by atoms with E-state index in [-0.39, 0.29) is 12.8 Å². The summed E-state index contributed by atoms with van der Waals surface area (Å²) in [4.78, 5) is 62.6. The molecule has 10 N–H and O–H groups in total. The van der Waals surface area contributed by atoms with Gasteiger partial charge in [0.25, 0.3) is 0 Å². The van der Waals surface area contributed by atoms with Gasteiger partial charge in [0, 0.05) is 36.6 Å². The van der Waals surface area contributed by atoms with Gasteiger partial charge in [-0.2, -0.15) is 0 Å². The monoisotopic (exact) mass is 494 g/mol. The molecular formula is C20H30N8O7. The second-order valence-electron chi connectivity index (χ2n) is 8.02. The predicted octanol–water partition coefficient (Wildman–Crippen LogP) is -3.45. The van der Waals surface area contributed by atoms with Crippen molar-refractivity contribution >= 4 is 23.7 Å². The Hall–Kier alpha value is -3.82. The van der Waals surface area contributed by atoms with Crippen molar-refractivity contribution in [3.05, 3.63) is 36.4 Å². The number of carbonyl (C=O) groups is 4. The zero-order valence-electron chi connectivity index (χ0n) is 19.1. The number of nitrogens with one attached hydrogen (secondary N) is 5. The van der Waals surface area contributed by atoms with Crippen LogP contribution in [0.1, 0.15) is 25.2 Å². The van der Waals surface area contributed by atoms with Crippen molar-refractivity contribution in [2.75, 3.05) is 0 Å². The van der Waals surface area contributed by atoms with E-state index in [2.05, 4.69) is 35.9 Å². The number of nitrogens with zero attached hydrogens (tertiary/aromatic N) is 2. The molecule has 15 nitrogen and oxygen atoms in total. The van der Waals surface area contributed by atoms with Crippen molar-refractivity contribution in [3.8, 4) is 0 Å². The molecule has 2 aromatic heterocycles. The number of carboxylic acid groups (broad SMARTS) is 1. The number of rotatable bonds is 13. The molecule has 0 radical (unpaired) electrons. The SMILES string of the molecule is CC(O)C(NC(=O)C(N)Cc1cnc[nH]1)C(=O)NC(C(=O)NC(Cc1cnc[nH]1)C(=O)O)C(C)O. The normalized spacial score (nSPS) is 16.3. The van der Waals surface area contributed by atoms with Gasteiger partial charge in [-0.15, -0.1) is 0 Å². The molecule has 0 aliphatic rings. The summed E-state index contributed by atoms with van der Waals surface area (Å²) in [5.74, 6) is -4.05. The lowest BCUT2D eigenvalue weighted by atomic mass is 10.1. The number of aliphatic carboxylic acids is 1. The van der Waals surface area contributed by atoms with Gasteiger partial charge in [0.15, 0.2) is 0 Å². The molecule has 6 atom stereocenters. The van der Waals surface area contributed by atoms with Crippen LogP contribution in [-0.4, -0.2) is 95.3 Å². The summed E-state index contributed by atoms with van der Waals surface area (Å²) in [5, 5.41) is 36.3. The Morgan fingerprint density at radius 2 is 1.31 bits per heavy atom. The number of nitrogens with two attached hydrogens (primary N) is 1. The highest BCUT2D eigenvalue weighted by Gasteiger charge is 2.34. The first kappa shape index (κ1) is 27.4. The first-order chi connectivity index (χ1) is 16.5. The molecule has 3 amide bonds. The third kappa shape index (κ3) is 8.16. The second kappa shape index (κ2) is 12.6. The number of carbonyl (C=O) groups excluding carboxylic acids is 3. The van der Waals surface area contributed by atoms with E-state index in [1.807, 2.05) is 0 Å². The number of H-pyrrole nitrogens is 2. The maximum Gasteiger partial charge on any atom is 0.326 e. The van der Waals surface area contributed by atoms with Crippen molar-refractivity contribution < 1.29 is 34.5 Å². The van der Waals surface area contributed by atoms with Gasteiger partial charge >= 0.3 is 5.97 Å². The maximum absolute atomic E-state index is 12.8. The largest absolute Gasteiger partial charge is 0.480 e. The molecule has 0 fully saturated rings. The molecular weight excluding hydrogens is 464 g/mol. The zero-order chi connectivity index (χ0) is 26.1. The number of aromatic nitrogens is 4. The van der Waals surface area contributed by atoms with Gasteiger partial charge in [0.2, 0.25) is 17.7 Å². The molecule has 0 saturated carbocycles. The molecule has 2 rings (SSSR count). The Kier molecular flexibility index (Phi) is 9.86. The number of imidazole rings is 2. The van der Waals surface area contributed by atoms with Crippen molar-refractivity contribution in [3.63, 3.8) is 0 Å². The lowest BCUT2D eigenvalue weighted by Gasteiger charge is -2.27. The predicted molar refractivity (Wildman–Crippen MR) is 119 cm³/mol. The van der Waals surface area contributed by atoms with Gasteiger partial charge in [-0.25, -0.2) is 14.8 Å². The van der Waals surface area contributed by atoms with Gasteiger partial charge < -0.3 is 47.0 Å². The van der Waals surface area contributed by atoms with Crippen LogP contribution < -0.4 is 21.7 Å². The third-order valence-electron chi connectivity index (χ3n) is 5.05. The second-order valence-corrected chi connectivity index (χ2v) is 8.02. The van der Waals surface area contributed by atoms with Crippen LogP contribution in [-0.2, 0) is 32.0 Å². The maximum atomic E-state index is 12.8. The molecule has 0 aromatic carbocycles. The number of aliphatic hydroxyl groups excluding tert-OH is 2. The van der Waals surface area contributed by atoms with E-state index in [4.69, 9.17) is 5.73 Å². The number of hydrogen-bond acceptors (Lipinski definition) is 9. The summed E-state index contributed by atoms with van der Waals surface area (Å²) in [6, 6.07) is -5.54. The van der Waals surface area contributed by atoms with Gasteiger partial charge in [-0.05, 0) is 13.8 Å². The summed E-state index contributed by atoms with van der Waals surface area (Å²) < 4.78 is 0. The molecule has 0 saturated heterocycles. The molecule has 6 unspecified atom stereocenters. The van der Waals surface area contributed by atoms with Crippen molar-refractivity contribution in [1.82, 2.24) is 35.9 Å². The van der Waals surface area contributed by atoms with Crippen LogP contribution in [0.4, 0.5) is 0 Å². The number of aliphatic hydroxyl groups is 2. The van der Waals surface area contributed by atoms with E-state index < -0.39 is 60.1 Å². The summed E-state index contributed by atoms with van der Waals surface area (Å²) in [6.07, 6.45) is 2.78. The minimum Gasteiger partial charge on any atom is -0.480 e. The highest BCUT2D eigenvalue weighted by molar-refractivity contribution is 5.94. The van der Waals surface area contributed by atoms with E-state index in [1.165, 1.54) is 38.9 Å². The molecule has 192 valence electrons. The standard InChI is InChI=1S/C20H30N8O7/c1-9(29)15(18(32)26-14(20(34)35)4-12-6-23-8-25-12)28-19(33)16(10(2)30)27-17(31)13(21)3-11-5-22-7-24-11/h5-10,13-16,29-30H,3-4,21H2,1-2H3,(H,22,24)(H,23,25)(H,26,32)(H,27,31)(H,28,33)(H,34,35). The van der Waals surface area contributed by atoms with E-state index in [0.29, 0.717) is 11.4 Å². The van der Waals surface area contributed by atoms with E-state index in [9.17, 15) is 34.5 Å². The Morgan fingerprint density at radius 1 is 0.857 bits per heavy atom. The number of hydrogen-bond donors (Lipinski definition) is 9. The minimum atomic E-state index is -1.58. The Bertz CT molecular complexity index is 978. The molecule has 0 aliphatic carbocycles. The van der Waals surface area contributed by atoms with Gasteiger partial charge in [0.1, 0.15) is 18.1 Å². The molecule has 15 heteroatoms. The van der Waals surface area contributed by atoms with Crippen molar-refractivity contribution in [1.29, 1.82) is 0 Å². The minimum absolute atomic E-state index is 0.0889. The first-order valence-corrected chi connectivity index (χ1v) is 10.7. The summed E-state index contributed by atoms with van der Waals surface area (Å²) >= 11 is 0. The number of carboxylic acids is 1. The van der Waals surface area contributed by atoms with E-state index in [0.717, 1.165) is 0 Å². The lowest BCUT2D eigenvalue weighted by Crippen LogP contribution is -2.62. The van der Waals surface area contributed by atoms with Gasteiger partial charge in [-0.1, -0.05) is 0 Å². The van der Waals surface area contributed by atoms with Crippen LogP contribution in [0, 0.1) is 0 Å². The Balaban J connectivity index is 2.05. The quantitative estimate of drug-likeness (QED) is 0.133. The van der Waals surface area contributed by atoms with Crippen LogP contribution in [0.25, 0.3) is 0 Å². The topological polar surface area (TPSA) is 248 Å². The van der Waals surface area contributed by atoms with Gasteiger partial charge in [-0.3, -0.25) is 14.4 Å². The first-order valence-electron chi connectivity index (χ1n) is 10.7. The number of amides is 3. The fourth-order valence-corrected chi connectivity index (χ4v) is 3.12. The highest BCUT2D eigenvalue weighted by atomic mass is 16.4. The Morgan fingerprint density at radius 3 is 1.74 bits per heavy atom. The smallest absolute Gasteiger partial charge is 0.326 e. The van der Waals surface area contributed by atoms with Gasteiger partial charge in [0.05, 0.1) is 30.9 Å². The number of aromatic amines is 2. The van der Waals surface area contributed by atoms with E-state index in [1.54, 1.807) is 0 Å². The van der Waals surface area contributed by atoms with Crippen molar-refractivity contribution in [2.24, 2.45) is 5.73 Å². The average molecular weight is 495 g/mol. The average Bonchev–Trinajstić information content (AvgIpc) is 3.48. The molecule has 2 heterocycles.